The Balaban J connectivity index is 0.00000274. The second-order valence-electron chi connectivity index (χ2n) is 7.85. The predicted octanol–water partition coefficient (Wildman–Crippen LogP) is 1.50. The number of methoxy groups -OCH3 is 3. The van der Waals surface area contributed by atoms with E-state index in [1.807, 2.05) is 30.5 Å². The molecule has 8 heteroatoms. The molecule has 1 aliphatic rings. The van der Waals surface area contributed by atoms with E-state index in [0.717, 1.165) is 40.7 Å². The standard InChI is InChI=1S/C26H24NO6.ClH/c1-15-18(8-10-32-15)26(28)33-25-20-14-27-9-7-17-12-23(30-3)24(31-4)13-19(17)21(27)11-16(20)5-6-22(25)29-2;/h5-6,8,10-14H,7,9H2,1-4H3;1H/q+1;/p-1. The number of rotatable bonds is 5. The van der Waals surface area contributed by atoms with Gasteiger partial charge in [-0.25, -0.2) is 4.79 Å². The molecule has 7 nitrogen and oxygen atoms in total. The summed E-state index contributed by atoms with van der Waals surface area (Å²) in [5.41, 5.74) is 3.72. The first-order valence-electron chi connectivity index (χ1n) is 10.6. The van der Waals surface area contributed by atoms with Crippen LogP contribution >= 0.6 is 0 Å². The van der Waals surface area contributed by atoms with Crippen LogP contribution in [-0.4, -0.2) is 27.3 Å². The summed E-state index contributed by atoms with van der Waals surface area (Å²) in [5, 5.41) is 1.72. The van der Waals surface area contributed by atoms with Crippen molar-refractivity contribution in [1.29, 1.82) is 0 Å². The number of fused-ring (bicyclic) bond motifs is 4. The molecule has 2 aromatic heterocycles. The van der Waals surface area contributed by atoms with E-state index in [1.165, 1.54) is 11.8 Å². The number of hydrogen-bond acceptors (Lipinski definition) is 6. The maximum Gasteiger partial charge on any atom is 0.347 e. The molecule has 0 amide bonds. The summed E-state index contributed by atoms with van der Waals surface area (Å²) in [6.45, 7) is 2.50. The number of pyridine rings is 1. The average molecular weight is 482 g/mol. The number of nitrogens with zero attached hydrogens (tertiary/aromatic N) is 1. The molecule has 0 spiro atoms. The Labute approximate surface area is 203 Å². The van der Waals surface area contributed by atoms with Gasteiger partial charge in [-0.1, -0.05) is 0 Å². The molecule has 0 radical (unpaired) electrons. The normalized spacial score (nSPS) is 11.8. The topological polar surface area (TPSA) is 71.0 Å². The van der Waals surface area contributed by atoms with E-state index < -0.39 is 5.97 Å². The Morgan fingerprint density at radius 3 is 2.38 bits per heavy atom. The molecule has 0 aliphatic carbocycles. The fourth-order valence-corrected chi connectivity index (χ4v) is 4.34. The quantitative estimate of drug-likeness (QED) is 0.244. The molecule has 3 heterocycles. The van der Waals surface area contributed by atoms with Gasteiger partial charge in [-0.3, -0.25) is 0 Å². The van der Waals surface area contributed by atoms with Gasteiger partial charge in [0.25, 0.3) is 0 Å². The Morgan fingerprint density at radius 2 is 1.71 bits per heavy atom. The smallest absolute Gasteiger partial charge is 0.347 e. The molecule has 5 rings (SSSR count). The van der Waals surface area contributed by atoms with Gasteiger partial charge in [0.2, 0.25) is 5.69 Å². The van der Waals surface area contributed by atoms with E-state index in [2.05, 4.69) is 10.6 Å². The van der Waals surface area contributed by atoms with Crippen LogP contribution in [0.3, 0.4) is 0 Å². The molecule has 0 fully saturated rings. The van der Waals surface area contributed by atoms with Crippen molar-refractivity contribution in [2.45, 2.75) is 19.9 Å². The zero-order valence-electron chi connectivity index (χ0n) is 19.3. The first-order chi connectivity index (χ1) is 16.0. The molecule has 34 heavy (non-hydrogen) atoms. The van der Waals surface area contributed by atoms with Crippen LogP contribution in [0.1, 0.15) is 21.7 Å². The van der Waals surface area contributed by atoms with E-state index in [9.17, 15) is 4.79 Å². The van der Waals surface area contributed by atoms with Gasteiger partial charge in [-0.15, -0.1) is 0 Å². The SMILES string of the molecule is COc1cc2c(cc1OC)-c1cc3ccc(OC)c(OC(=O)c4ccoc4C)c3c[n+]1CC2.[Cl-]. The Kier molecular flexibility index (Phi) is 6.39. The molecule has 0 N–H and O–H groups in total. The number of carbonyl (C=O) groups excluding carboxylic acids is 1. The molecule has 0 atom stereocenters. The summed E-state index contributed by atoms with van der Waals surface area (Å²) in [6.07, 6.45) is 4.32. The van der Waals surface area contributed by atoms with Gasteiger partial charge >= 0.3 is 5.97 Å². The molecule has 0 saturated carbocycles. The number of esters is 1. The molecule has 1 aliphatic heterocycles. The fraction of sp³-hybridized carbons (Fsp3) is 0.231. The summed E-state index contributed by atoms with van der Waals surface area (Å²) >= 11 is 0. The number of aromatic nitrogens is 1. The van der Waals surface area contributed by atoms with Crippen molar-refractivity contribution in [3.05, 3.63) is 65.7 Å². The molecule has 0 unspecified atom stereocenters. The summed E-state index contributed by atoms with van der Waals surface area (Å²) in [6, 6.07) is 11.5. The summed E-state index contributed by atoms with van der Waals surface area (Å²) < 4.78 is 29.8. The highest BCUT2D eigenvalue weighted by atomic mass is 35.5. The zero-order chi connectivity index (χ0) is 23.1. The van der Waals surface area contributed by atoms with E-state index in [0.29, 0.717) is 28.6 Å². The molecule has 176 valence electrons. The minimum Gasteiger partial charge on any atom is -1.00 e. The predicted molar refractivity (Wildman–Crippen MR) is 121 cm³/mol. The number of benzene rings is 2. The van der Waals surface area contributed by atoms with E-state index in [4.69, 9.17) is 23.4 Å². The van der Waals surface area contributed by atoms with Crippen LogP contribution in [0.15, 0.2) is 53.3 Å². The summed E-state index contributed by atoms with van der Waals surface area (Å²) in [5.74, 6) is 2.29. The molecular weight excluding hydrogens is 458 g/mol. The third kappa shape index (κ3) is 3.82. The van der Waals surface area contributed by atoms with E-state index in [-0.39, 0.29) is 12.4 Å². The first-order valence-corrected chi connectivity index (χ1v) is 10.6. The summed E-state index contributed by atoms with van der Waals surface area (Å²) in [7, 11) is 4.84. The third-order valence-electron chi connectivity index (χ3n) is 6.08. The number of hydrogen-bond donors (Lipinski definition) is 0. The average Bonchev–Trinajstić information content (AvgIpc) is 3.28. The highest BCUT2D eigenvalue weighted by Gasteiger charge is 2.28. The van der Waals surface area contributed by atoms with Crippen LogP contribution in [0.4, 0.5) is 0 Å². The van der Waals surface area contributed by atoms with E-state index in [1.54, 1.807) is 34.3 Å². The van der Waals surface area contributed by atoms with Gasteiger partial charge in [0, 0.05) is 12.5 Å². The molecule has 0 saturated heterocycles. The number of furan rings is 1. The molecule has 2 aromatic carbocycles. The first kappa shape index (κ1) is 23.4. The third-order valence-corrected chi connectivity index (χ3v) is 6.08. The van der Waals surface area contributed by atoms with Crippen molar-refractivity contribution in [3.63, 3.8) is 0 Å². The largest absolute Gasteiger partial charge is 1.00 e. The highest BCUT2D eigenvalue weighted by Crippen LogP contribution is 2.40. The number of aryl methyl sites for hydroxylation is 3. The fourth-order valence-electron chi connectivity index (χ4n) is 4.34. The van der Waals surface area contributed by atoms with Crippen molar-refractivity contribution >= 4 is 16.7 Å². The van der Waals surface area contributed by atoms with Crippen LogP contribution in [0.5, 0.6) is 23.0 Å². The van der Waals surface area contributed by atoms with Gasteiger partial charge < -0.3 is 35.8 Å². The maximum absolute atomic E-state index is 12.8. The lowest BCUT2D eigenvalue weighted by atomic mass is 9.95. The highest BCUT2D eigenvalue weighted by molar-refractivity contribution is 5.97. The lowest BCUT2D eigenvalue weighted by molar-refractivity contribution is -0.686. The molecule has 0 bridgehead atoms. The monoisotopic (exact) mass is 481 g/mol. The van der Waals surface area contributed by atoms with Crippen molar-refractivity contribution in [2.75, 3.05) is 21.3 Å². The molecule has 4 aromatic rings. The number of carbonyl (C=O) groups is 1. The second-order valence-corrected chi connectivity index (χ2v) is 7.85. The lowest BCUT2D eigenvalue weighted by Gasteiger charge is -2.19. The molecular formula is C26H24ClNO6. The van der Waals surface area contributed by atoms with Crippen molar-refractivity contribution in [2.24, 2.45) is 0 Å². The van der Waals surface area contributed by atoms with Gasteiger partial charge in [0.05, 0.1) is 38.5 Å². The van der Waals surface area contributed by atoms with Crippen LogP contribution in [0, 0.1) is 6.92 Å². The Bertz CT molecular complexity index is 1390. The minimum atomic E-state index is -0.489. The maximum atomic E-state index is 12.8. The second kappa shape index (κ2) is 9.27. The van der Waals surface area contributed by atoms with E-state index >= 15 is 0 Å². The van der Waals surface area contributed by atoms with Crippen LogP contribution in [-0.2, 0) is 13.0 Å². The summed E-state index contributed by atoms with van der Waals surface area (Å²) in [4.78, 5) is 12.8. The Morgan fingerprint density at radius 1 is 0.971 bits per heavy atom. The van der Waals surface area contributed by atoms with Gasteiger partial charge in [-0.2, -0.15) is 4.57 Å². The van der Waals surface area contributed by atoms with Crippen molar-refractivity contribution in [1.82, 2.24) is 0 Å². The number of halogens is 1. The van der Waals surface area contributed by atoms with Crippen molar-refractivity contribution in [3.8, 4) is 34.3 Å². The zero-order valence-corrected chi connectivity index (χ0v) is 20.1. The minimum absolute atomic E-state index is 0. The van der Waals surface area contributed by atoms with Crippen LogP contribution < -0.4 is 35.9 Å². The lowest BCUT2D eigenvalue weighted by Crippen LogP contribution is -3.00. The van der Waals surface area contributed by atoms with Crippen LogP contribution in [0.25, 0.3) is 22.0 Å². The Hall–Kier alpha value is -3.71. The van der Waals surface area contributed by atoms with Gasteiger partial charge in [0.15, 0.2) is 35.7 Å². The van der Waals surface area contributed by atoms with Gasteiger partial charge in [-0.05, 0) is 48.2 Å². The van der Waals surface area contributed by atoms with Gasteiger partial charge in [0.1, 0.15) is 11.3 Å². The van der Waals surface area contributed by atoms with Crippen molar-refractivity contribution < 1.29 is 45.1 Å². The number of ether oxygens (including phenoxy) is 4. The van der Waals surface area contributed by atoms with Crippen LogP contribution in [0.2, 0.25) is 0 Å².